The maximum Gasteiger partial charge on any atom is 0.312 e. The lowest BCUT2D eigenvalue weighted by atomic mass is 10.1. The Balaban J connectivity index is 2.90. The number of aromatic hydroxyl groups is 1. The Labute approximate surface area is 87.7 Å². The molecule has 5 nitrogen and oxygen atoms in total. The van der Waals surface area contributed by atoms with Gasteiger partial charge in [0, 0.05) is 17.0 Å². The minimum Gasteiger partial charge on any atom is -0.501 e. The van der Waals surface area contributed by atoms with Gasteiger partial charge in [-0.3, -0.25) is 14.9 Å². The number of rotatable bonds is 2. The number of carbonyl (C=O) groups excluding carboxylic acids is 1. The molecule has 0 atom stereocenters. The number of phenolic OH excluding ortho intramolecular Hbond substituents is 1. The number of thiophene rings is 1. The molecule has 0 aliphatic heterocycles. The van der Waals surface area contributed by atoms with Gasteiger partial charge >= 0.3 is 5.69 Å². The zero-order chi connectivity index (χ0) is 11.0. The average molecular weight is 223 g/mol. The monoisotopic (exact) mass is 223 g/mol. The van der Waals surface area contributed by atoms with E-state index in [4.69, 9.17) is 0 Å². The Morgan fingerprint density at radius 2 is 2.27 bits per heavy atom. The molecule has 0 saturated carbocycles. The van der Waals surface area contributed by atoms with E-state index in [1.807, 2.05) is 0 Å². The van der Waals surface area contributed by atoms with Gasteiger partial charge < -0.3 is 5.11 Å². The summed E-state index contributed by atoms with van der Waals surface area (Å²) >= 11 is 1.16. The lowest BCUT2D eigenvalue weighted by molar-refractivity contribution is -0.385. The van der Waals surface area contributed by atoms with Crippen molar-refractivity contribution >= 4 is 33.4 Å². The number of phenols is 1. The molecule has 0 fully saturated rings. The third-order valence-corrected chi connectivity index (χ3v) is 2.97. The van der Waals surface area contributed by atoms with Crippen LogP contribution in [0.1, 0.15) is 10.4 Å². The number of nitrogens with zero attached hydrogens (tertiary/aromatic N) is 1. The number of nitro benzene ring substituents is 1. The van der Waals surface area contributed by atoms with E-state index in [1.54, 1.807) is 11.4 Å². The molecular weight excluding hydrogens is 218 g/mol. The van der Waals surface area contributed by atoms with E-state index >= 15 is 0 Å². The summed E-state index contributed by atoms with van der Waals surface area (Å²) in [7, 11) is 0. The quantitative estimate of drug-likeness (QED) is 0.481. The third-order valence-electron chi connectivity index (χ3n) is 2.05. The highest BCUT2D eigenvalue weighted by Crippen LogP contribution is 2.39. The summed E-state index contributed by atoms with van der Waals surface area (Å²) in [5.74, 6) is -0.379. The summed E-state index contributed by atoms with van der Waals surface area (Å²) in [5.41, 5.74) is -0.220. The van der Waals surface area contributed by atoms with Crippen molar-refractivity contribution in [3.8, 4) is 5.75 Å². The highest BCUT2D eigenvalue weighted by molar-refractivity contribution is 7.17. The van der Waals surface area contributed by atoms with Crippen LogP contribution in [0.5, 0.6) is 5.75 Å². The number of nitro groups is 1. The first kappa shape index (κ1) is 9.60. The average Bonchev–Trinajstić information content (AvgIpc) is 2.67. The first-order chi connectivity index (χ1) is 7.15. The van der Waals surface area contributed by atoms with E-state index in [-0.39, 0.29) is 11.3 Å². The summed E-state index contributed by atoms with van der Waals surface area (Å²) in [6.45, 7) is 0. The second kappa shape index (κ2) is 3.32. The van der Waals surface area contributed by atoms with Crippen LogP contribution in [0.25, 0.3) is 10.1 Å². The molecule has 0 saturated heterocycles. The van der Waals surface area contributed by atoms with E-state index in [9.17, 15) is 20.0 Å². The predicted molar refractivity (Wildman–Crippen MR) is 55.5 cm³/mol. The van der Waals surface area contributed by atoms with Gasteiger partial charge in [-0.2, -0.15) is 0 Å². The molecule has 0 amide bonds. The van der Waals surface area contributed by atoms with Gasteiger partial charge in [-0.05, 0) is 11.4 Å². The number of fused-ring (bicyclic) bond motifs is 1. The molecule has 1 aromatic carbocycles. The molecule has 6 heteroatoms. The number of aldehydes is 1. The van der Waals surface area contributed by atoms with Crippen LogP contribution in [0.3, 0.4) is 0 Å². The summed E-state index contributed by atoms with van der Waals surface area (Å²) in [4.78, 5) is 20.6. The lowest BCUT2D eigenvalue weighted by Gasteiger charge is -1.99. The van der Waals surface area contributed by atoms with Crippen LogP contribution >= 0.6 is 11.3 Å². The van der Waals surface area contributed by atoms with Crippen molar-refractivity contribution in [1.82, 2.24) is 0 Å². The molecule has 2 rings (SSSR count). The van der Waals surface area contributed by atoms with Gasteiger partial charge in [0.15, 0.2) is 6.29 Å². The number of hydrogen-bond donors (Lipinski definition) is 1. The van der Waals surface area contributed by atoms with E-state index < -0.39 is 10.6 Å². The molecule has 0 bridgehead atoms. The summed E-state index contributed by atoms with van der Waals surface area (Å²) in [6, 6.07) is 2.73. The second-order valence-electron chi connectivity index (χ2n) is 2.87. The molecule has 1 N–H and O–H groups in total. The van der Waals surface area contributed by atoms with Gasteiger partial charge in [-0.25, -0.2) is 0 Å². The number of benzene rings is 1. The minimum absolute atomic E-state index is 0.218. The molecule has 0 aliphatic rings. The first-order valence-electron chi connectivity index (χ1n) is 3.98. The van der Waals surface area contributed by atoms with Crippen molar-refractivity contribution in [2.24, 2.45) is 0 Å². The molecule has 0 unspecified atom stereocenters. The lowest BCUT2D eigenvalue weighted by Crippen LogP contribution is -1.91. The number of hydrogen-bond acceptors (Lipinski definition) is 5. The largest absolute Gasteiger partial charge is 0.501 e. The van der Waals surface area contributed by atoms with Gasteiger partial charge in [0.05, 0.1) is 9.62 Å². The zero-order valence-electron chi connectivity index (χ0n) is 7.34. The molecule has 2 aromatic rings. The van der Waals surface area contributed by atoms with E-state index in [0.29, 0.717) is 16.4 Å². The van der Waals surface area contributed by atoms with Crippen LogP contribution in [0, 0.1) is 10.1 Å². The van der Waals surface area contributed by atoms with Crippen LogP contribution in [0.2, 0.25) is 0 Å². The van der Waals surface area contributed by atoms with E-state index in [0.717, 1.165) is 17.4 Å². The molecule has 0 radical (unpaired) electrons. The van der Waals surface area contributed by atoms with E-state index in [1.165, 1.54) is 0 Å². The molecule has 15 heavy (non-hydrogen) atoms. The second-order valence-corrected chi connectivity index (χ2v) is 3.79. The van der Waals surface area contributed by atoms with Crippen LogP contribution in [-0.2, 0) is 0 Å². The summed E-state index contributed by atoms with van der Waals surface area (Å²) < 4.78 is 0.367. The summed E-state index contributed by atoms with van der Waals surface area (Å²) in [6.07, 6.45) is 0.543. The van der Waals surface area contributed by atoms with Crippen molar-refractivity contribution in [3.63, 3.8) is 0 Å². The fraction of sp³-hybridized carbons (Fsp3) is 0. The predicted octanol–water partition coefficient (Wildman–Crippen LogP) is 2.33. The van der Waals surface area contributed by atoms with Crippen LogP contribution in [0.4, 0.5) is 5.69 Å². The van der Waals surface area contributed by atoms with Crippen molar-refractivity contribution in [3.05, 3.63) is 33.2 Å². The van der Waals surface area contributed by atoms with Crippen molar-refractivity contribution < 1.29 is 14.8 Å². The van der Waals surface area contributed by atoms with E-state index in [2.05, 4.69) is 0 Å². The van der Waals surface area contributed by atoms with Crippen LogP contribution < -0.4 is 0 Å². The van der Waals surface area contributed by atoms with Crippen molar-refractivity contribution in [2.75, 3.05) is 0 Å². The minimum atomic E-state index is -0.707. The van der Waals surface area contributed by atoms with Gasteiger partial charge in [-0.1, -0.05) is 0 Å². The first-order valence-corrected chi connectivity index (χ1v) is 4.86. The maximum atomic E-state index is 10.7. The van der Waals surface area contributed by atoms with Crippen molar-refractivity contribution in [2.45, 2.75) is 0 Å². The molecule has 0 aliphatic carbocycles. The van der Waals surface area contributed by atoms with Crippen LogP contribution in [-0.4, -0.2) is 16.3 Å². The topological polar surface area (TPSA) is 80.4 Å². The molecule has 76 valence electrons. The Bertz CT molecular complexity index is 560. The fourth-order valence-electron chi connectivity index (χ4n) is 1.37. The Morgan fingerprint density at radius 1 is 1.53 bits per heavy atom. The Hall–Kier alpha value is -1.95. The highest BCUT2D eigenvalue weighted by Gasteiger charge is 2.20. The van der Waals surface area contributed by atoms with Gasteiger partial charge in [0.1, 0.15) is 0 Å². The van der Waals surface area contributed by atoms with Gasteiger partial charge in [-0.15, -0.1) is 11.3 Å². The standard InChI is InChI=1S/C9H5NO4S/c11-4-5-3-7(10(13)14)8(12)9-6(5)1-2-15-9/h1-4,12H. The maximum absolute atomic E-state index is 10.7. The van der Waals surface area contributed by atoms with Gasteiger partial charge in [0.25, 0.3) is 0 Å². The van der Waals surface area contributed by atoms with Crippen LogP contribution in [0.15, 0.2) is 17.5 Å². The zero-order valence-corrected chi connectivity index (χ0v) is 8.15. The highest BCUT2D eigenvalue weighted by atomic mass is 32.1. The third kappa shape index (κ3) is 1.35. The van der Waals surface area contributed by atoms with Crippen molar-refractivity contribution in [1.29, 1.82) is 0 Å². The molecular formula is C9H5NO4S. The molecule has 1 heterocycles. The van der Waals surface area contributed by atoms with Gasteiger partial charge in [0.2, 0.25) is 5.75 Å². The summed E-state index contributed by atoms with van der Waals surface area (Å²) in [5, 5.41) is 22.4. The molecule has 0 spiro atoms. The fourth-order valence-corrected chi connectivity index (χ4v) is 2.24. The Kier molecular flexibility index (Phi) is 2.12. The SMILES string of the molecule is O=Cc1cc([N+](=O)[O-])c(O)c2sccc12. The smallest absolute Gasteiger partial charge is 0.312 e. The molecule has 1 aromatic heterocycles. The Morgan fingerprint density at radius 3 is 2.87 bits per heavy atom. The normalized spacial score (nSPS) is 10.4. The number of carbonyl (C=O) groups is 1.